The van der Waals surface area contributed by atoms with Crippen LogP contribution < -0.4 is 5.32 Å². The summed E-state index contributed by atoms with van der Waals surface area (Å²) in [5, 5.41) is 3.52. The van der Waals surface area contributed by atoms with Crippen molar-refractivity contribution >= 4 is 0 Å². The fraction of sp³-hybridized carbons (Fsp3) is 0.667. The molecule has 0 aliphatic heterocycles. The number of nitrogens with one attached hydrogen (secondary N) is 1. The van der Waals surface area contributed by atoms with Crippen LogP contribution in [0, 0.1) is 0 Å². The van der Waals surface area contributed by atoms with Crippen molar-refractivity contribution in [3.63, 3.8) is 0 Å². The quantitative estimate of drug-likeness (QED) is 0.323. The number of hydrogen-bond donors (Lipinski definition) is 1. The lowest BCUT2D eigenvalue weighted by molar-refractivity contribution is 0.121. The second kappa shape index (κ2) is 14.8. The number of rotatable bonds is 16. The summed E-state index contributed by atoms with van der Waals surface area (Å²) in [4.78, 5) is 0. The largest absolute Gasteiger partial charge is 0.385 e. The van der Waals surface area contributed by atoms with Gasteiger partial charge in [-0.25, -0.2) is 0 Å². The minimum atomic E-state index is 0.716. The minimum absolute atomic E-state index is 0.716. The number of aryl methyl sites for hydroxylation is 1. The van der Waals surface area contributed by atoms with Gasteiger partial charge in [-0.15, -0.1) is 0 Å². The van der Waals surface area contributed by atoms with Crippen LogP contribution in [-0.4, -0.2) is 6.61 Å². The molecule has 1 aromatic carbocycles. The first-order valence-electron chi connectivity index (χ1n) is 10.8. The normalized spacial score (nSPS) is 10.9. The van der Waals surface area contributed by atoms with E-state index in [4.69, 9.17) is 4.74 Å². The van der Waals surface area contributed by atoms with E-state index in [1.54, 1.807) is 0 Å². The molecule has 0 bridgehead atoms. The molecule has 26 heavy (non-hydrogen) atoms. The molecule has 0 atom stereocenters. The van der Waals surface area contributed by atoms with Crippen molar-refractivity contribution in [3.05, 3.63) is 47.2 Å². The molecule has 1 aromatic rings. The molecule has 1 rings (SSSR count). The smallest absolute Gasteiger partial charge is 0.0717 e. The molecule has 0 saturated carbocycles. The number of benzene rings is 1. The molecule has 0 amide bonds. The average molecular weight is 360 g/mol. The van der Waals surface area contributed by atoms with Gasteiger partial charge in [0.15, 0.2) is 0 Å². The van der Waals surface area contributed by atoms with Crippen LogP contribution in [0.5, 0.6) is 0 Å². The van der Waals surface area contributed by atoms with Crippen molar-refractivity contribution in [2.45, 2.75) is 98.1 Å². The summed E-state index contributed by atoms with van der Waals surface area (Å²) in [6.45, 7) is 13.2. The molecule has 0 heterocycles. The van der Waals surface area contributed by atoms with Crippen LogP contribution in [0.3, 0.4) is 0 Å². The summed E-state index contributed by atoms with van der Waals surface area (Å²) in [6.07, 6.45) is 12.7. The number of allylic oxidation sites excluding steroid dienone is 1. The summed E-state index contributed by atoms with van der Waals surface area (Å²) in [5.41, 5.74) is 5.17. The first-order chi connectivity index (χ1) is 12.7. The maximum absolute atomic E-state index is 5.71. The lowest BCUT2D eigenvalue weighted by Crippen LogP contribution is -2.12. The van der Waals surface area contributed by atoms with Crippen LogP contribution in [0.1, 0.15) is 95.2 Å². The van der Waals surface area contributed by atoms with Crippen molar-refractivity contribution in [3.8, 4) is 0 Å². The van der Waals surface area contributed by atoms with Crippen LogP contribution >= 0.6 is 0 Å². The standard InChI is InChI=1S/C24H41NO/c1-5-8-9-10-11-12-13-14-21(4)25-19-23-16-22(7-3)17-24(18-23)20-26-15-6-2/h16-18,25H,4-15,19-20H2,1-3H3. The van der Waals surface area contributed by atoms with E-state index in [-0.39, 0.29) is 0 Å². The second-order valence-electron chi connectivity index (χ2n) is 7.39. The summed E-state index contributed by atoms with van der Waals surface area (Å²) < 4.78 is 5.71. The summed E-state index contributed by atoms with van der Waals surface area (Å²) in [7, 11) is 0. The number of unbranched alkanes of at least 4 members (excludes halogenated alkanes) is 6. The van der Waals surface area contributed by atoms with Gasteiger partial charge in [0.05, 0.1) is 6.61 Å². The number of ether oxygens (including phenoxy) is 1. The van der Waals surface area contributed by atoms with Crippen molar-refractivity contribution in [1.82, 2.24) is 5.32 Å². The van der Waals surface area contributed by atoms with Gasteiger partial charge in [0.1, 0.15) is 0 Å². The molecule has 0 aromatic heterocycles. The lowest BCUT2D eigenvalue weighted by atomic mass is 10.0. The van der Waals surface area contributed by atoms with Gasteiger partial charge in [0, 0.05) is 18.8 Å². The predicted molar refractivity (Wildman–Crippen MR) is 114 cm³/mol. The van der Waals surface area contributed by atoms with E-state index >= 15 is 0 Å². The molecule has 0 unspecified atom stereocenters. The second-order valence-corrected chi connectivity index (χ2v) is 7.39. The van der Waals surface area contributed by atoms with Gasteiger partial charge in [-0.05, 0) is 42.4 Å². The minimum Gasteiger partial charge on any atom is -0.385 e. The van der Waals surface area contributed by atoms with Crippen molar-refractivity contribution < 1.29 is 4.74 Å². The highest BCUT2D eigenvalue weighted by molar-refractivity contribution is 5.30. The Labute approximate surface area is 162 Å². The number of hydrogen-bond acceptors (Lipinski definition) is 2. The molecular formula is C24H41NO. The first-order valence-corrected chi connectivity index (χ1v) is 10.8. The maximum atomic E-state index is 5.71. The molecule has 2 nitrogen and oxygen atoms in total. The van der Waals surface area contributed by atoms with E-state index in [9.17, 15) is 0 Å². The summed E-state index contributed by atoms with van der Waals surface area (Å²) >= 11 is 0. The lowest BCUT2D eigenvalue weighted by Gasteiger charge is -2.13. The van der Waals surface area contributed by atoms with Gasteiger partial charge < -0.3 is 10.1 Å². The Kier molecular flexibility index (Phi) is 13.0. The van der Waals surface area contributed by atoms with E-state index in [0.717, 1.165) is 32.4 Å². The van der Waals surface area contributed by atoms with Gasteiger partial charge in [-0.2, -0.15) is 0 Å². The molecule has 2 heteroatoms. The summed E-state index contributed by atoms with van der Waals surface area (Å²) in [6, 6.07) is 6.84. The molecule has 0 saturated heterocycles. The zero-order chi connectivity index (χ0) is 19.0. The van der Waals surface area contributed by atoms with Crippen molar-refractivity contribution in [2.24, 2.45) is 0 Å². The van der Waals surface area contributed by atoms with Crippen molar-refractivity contribution in [1.29, 1.82) is 0 Å². The first kappa shape index (κ1) is 22.8. The molecule has 0 aliphatic rings. The van der Waals surface area contributed by atoms with Gasteiger partial charge in [0.25, 0.3) is 0 Å². The summed E-state index contributed by atoms with van der Waals surface area (Å²) in [5.74, 6) is 0. The van der Waals surface area contributed by atoms with E-state index in [0.29, 0.717) is 6.61 Å². The monoisotopic (exact) mass is 359 g/mol. The predicted octanol–water partition coefficient (Wildman–Crippen LogP) is 6.92. The van der Waals surface area contributed by atoms with Gasteiger partial charge in [-0.3, -0.25) is 0 Å². The molecule has 148 valence electrons. The van der Waals surface area contributed by atoms with E-state index < -0.39 is 0 Å². The molecule has 0 radical (unpaired) electrons. The Morgan fingerprint density at radius 2 is 1.50 bits per heavy atom. The van der Waals surface area contributed by atoms with E-state index in [1.807, 2.05) is 0 Å². The fourth-order valence-electron chi connectivity index (χ4n) is 3.17. The van der Waals surface area contributed by atoms with Crippen molar-refractivity contribution in [2.75, 3.05) is 6.61 Å². The molecular weight excluding hydrogens is 318 g/mol. The van der Waals surface area contributed by atoms with Crippen LogP contribution in [0.4, 0.5) is 0 Å². The highest BCUT2D eigenvalue weighted by atomic mass is 16.5. The van der Waals surface area contributed by atoms with Gasteiger partial charge >= 0.3 is 0 Å². The van der Waals surface area contributed by atoms with Crippen LogP contribution in [-0.2, 0) is 24.3 Å². The molecule has 0 aliphatic carbocycles. The van der Waals surface area contributed by atoms with Crippen LogP contribution in [0.25, 0.3) is 0 Å². The fourth-order valence-corrected chi connectivity index (χ4v) is 3.17. The zero-order valence-corrected chi connectivity index (χ0v) is 17.5. The Bertz CT molecular complexity index is 495. The van der Waals surface area contributed by atoms with Crippen LogP contribution in [0.15, 0.2) is 30.5 Å². The van der Waals surface area contributed by atoms with E-state index in [2.05, 4.69) is 50.9 Å². The third kappa shape index (κ3) is 10.7. The molecule has 0 fully saturated rings. The zero-order valence-electron chi connectivity index (χ0n) is 17.5. The molecule has 0 spiro atoms. The maximum Gasteiger partial charge on any atom is 0.0717 e. The van der Waals surface area contributed by atoms with Crippen LogP contribution in [0.2, 0.25) is 0 Å². The van der Waals surface area contributed by atoms with Gasteiger partial charge in [0.2, 0.25) is 0 Å². The third-order valence-electron chi connectivity index (χ3n) is 4.76. The van der Waals surface area contributed by atoms with Gasteiger partial charge in [-0.1, -0.05) is 84.1 Å². The average Bonchev–Trinajstić information content (AvgIpc) is 2.65. The highest BCUT2D eigenvalue weighted by Crippen LogP contribution is 2.14. The third-order valence-corrected chi connectivity index (χ3v) is 4.76. The Hall–Kier alpha value is -1.28. The SMILES string of the molecule is C=C(CCCCCCCCC)NCc1cc(CC)cc(COCCC)c1. The molecule has 1 N–H and O–H groups in total. The topological polar surface area (TPSA) is 21.3 Å². The van der Waals surface area contributed by atoms with E-state index in [1.165, 1.54) is 67.3 Å². The Morgan fingerprint density at radius 3 is 2.19 bits per heavy atom. The highest BCUT2D eigenvalue weighted by Gasteiger charge is 2.02. The Balaban J connectivity index is 2.31. The Morgan fingerprint density at radius 1 is 0.846 bits per heavy atom.